The van der Waals surface area contributed by atoms with Crippen molar-refractivity contribution >= 4 is 0 Å². The maximum Gasteiger partial charge on any atom is 0.261 e. The molecule has 2 N–H and O–H groups in total. The molecule has 7 heteroatoms. The van der Waals surface area contributed by atoms with Crippen LogP contribution >= 0.6 is 0 Å². The van der Waals surface area contributed by atoms with Crippen LogP contribution in [0.4, 0.5) is 8.78 Å². The standard InChI is InChI=1S/C13H23F2N3O2/c1-9(2)5-10(7-16)6-13-17-12(18-20-13)3-4-19-8-11(14)15/h9-11H,3-8,16H2,1-2H3. The van der Waals surface area contributed by atoms with Gasteiger partial charge in [0.2, 0.25) is 5.89 Å². The van der Waals surface area contributed by atoms with Crippen molar-refractivity contribution in [1.82, 2.24) is 10.1 Å². The van der Waals surface area contributed by atoms with E-state index in [9.17, 15) is 8.78 Å². The molecule has 0 radical (unpaired) electrons. The molecule has 1 rings (SSSR count). The molecule has 1 aromatic rings. The summed E-state index contributed by atoms with van der Waals surface area (Å²) in [6, 6.07) is 0. The van der Waals surface area contributed by atoms with E-state index in [2.05, 4.69) is 24.0 Å². The molecule has 0 aliphatic heterocycles. The van der Waals surface area contributed by atoms with E-state index >= 15 is 0 Å². The van der Waals surface area contributed by atoms with Crippen LogP contribution in [0, 0.1) is 11.8 Å². The first-order chi connectivity index (χ1) is 9.51. The van der Waals surface area contributed by atoms with Crippen LogP contribution in [0.5, 0.6) is 0 Å². The lowest BCUT2D eigenvalue weighted by Crippen LogP contribution is -2.19. The molecule has 5 nitrogen and oxygen atoms in total. The van der Waals surface area contributed by atoms with Gasteiger partial charge in [-0.05, 0) is 24.8 Å². The van der Waals surface area contributed by atoms with Gasteiger partial charge < -0.3 is 15.0 Å². The molecule has 0 aliphatic carbocycles. The van der Waals surface area contributed by atoms with Crippen molar-refractivity contribution in [1.29, 1.82) is 0 Å². The van der Waals surface area contributed by atoms with Crippen LogP contribution in [0.25, 0.3) is 0 Å². The topological polar surface area (TPSA) is 74.2 Å². The lowest BCUT2D eigenvalue weighted by molar-refractivity contribution is 0.0182. The first-order valence-corrected chi connectivity index (χ1v) is 6.88. The van der Waals surface area contributed by atoms with Crippen molar-refractivity contribution in [2.24, 2.45) is 17.6 Å². The Morgan fingerprint density at radius 3 is 2.70 bits per heavy atom. The average Bonchev–Trinajstić information content (AvgIpc) is 2.80. The van der Waals surface area contributed by atoms with Crippen LogP contribution in [-0.4, -0.2) is 36.3 Å². The van der Waals surface area contributed by atoms with Crippen molar-refractivity contribution in [3.63, 3.8) is 0 Å². The Bertz CT molecular complexity index is 372. The molecule has 0 fully saturated rings. The number of hydrogen-bond donors (Lipinski definition) is 1. The normalized spacial score (nSPS) is 13.3. The first-order valence-electron chi connectivity index (χ1n) is 6.88. The van der Waals surface area contributed by atoms with E-state index in [-0.39, 0.29) is 6.61 Å². The van der Waals surface area contributed by atoms with E-state index in [1.54, 1.807) is 0 Å². The van der Waals surface area contributed by atoms with Gasteiger partial charge in [-0.2, -0.15) is 4.98 Å². The van der Waals surface area contributed by atoms with Gasteiger partial charge in [0.1, 0.15) is 6.61 Å². The SMILES string of the molecule is CC(C)CC(CN)Cc1nc(CCOCC(F)F)no1. The molecule has 0 saturated carbocycles. The average molecular weight is 291 g/mol. The zero-order chi connectivity index (χ0) is 15.0. The zero-order valence-electron chi connectivity index (χ0n) is 12.0. The van der Waals surface area contributed by atoms with Gasteiger partial charge in [-0.15, -0.1) is 0 Å². The lowest BCUT2D eigenvalue weighted by Gasteiger charge is -2.14. The highest BCUT2D eigenvalue weighted by Crippen LogP contribution is 2.15. The number of nitrogens with zero attached hydrogens (tertiary/aromatic N) is 2. The van der Waals surface area contributed by atoms with E-state index in [1.165, 1.54) is 0 Å². The van der Waals surface area contributed by atoms with Crippen molar-refractivity contribution in [3.8, 4) is 0 Å². The Kier molecular flexibility index (Phi) is 7.61. The second kappa shape index (κ2) is 8.97. The van der Waals surface area contributed by atoms with E-state index in [0.717, 1.165) is 6.42 Å². The Balaban J connectivity index is 2.34. The number of halogens is 2. The van der Waals surface area contributed by atoms with Crippen LogP contribution in [0.3, 0.4) is 0 Å². The molecule has 0 aliphatic rings. The Morgan fingerprint density at radius 2 is 2.10 bits per heavy atom. The largest absolute Gasteiger partial charge is 0.375 e. The summed E-state index contributed by atoms with van der Waals surface area (Å²) >= 11 is 0. The second-order valence-corrected chi connectivity index (χ2v) is 5.26. The predicted octanol–water partition coefficient (Wildman–Crippen LogP) is 2.06. The summed E-state index contributed by atoms with van der Waals surface area (Å²) in [5, 5.41) is 3.80. The summed E-state index contributed by atoms with van der Waals surface area (Å²) in [4.78, 5) is 4.22. The molecule has 1 atom stereocenters. The van der Waals surface area contributed by atoms with Crippen molar-refractivity contribution in [2.45, 2.75) is 39.5 Å². The summed E-state index contributed by atoms with van der Waals surface area (Å²) < 4.78 is 33.6. The summed E-state index contributed by atoms with van der Waals surface area (Å²) in [6.45, 7) is 4.46. The maximum atomic E-state index is 11.9. The van der Waals surface area contributed by atoms with Gasteiger partial charge in [-0.25, -0.2) is 8.78 Å². The molecule has 0 spiro atoms. The molecule has 0 saturated heterocycles. The second-order valence-electron chi connectivity index (χ2n) is 5.26. The highest BCUT2D eigenvalue weighted by atomic mass is 19.3. The Morgan fingerprint density at radius 1 is 1.35 bits per heavy atom. The monoisotopic (exact) mass is 291 g/mol. The molecular weight excluding hydrogens is 268 g/mol. The summed E-state index contributed by atoms with van der Waals surface area (Å²) in [7, 11) is 0. The molecule has 1 heterocycles. The summed E-state index contributed by atoms with van der Waals surface area (Å²) in [6.07, 6.45) is -0.420. The van der Waals surface area contributed by atoms with Crippen LogP contribution in [0.15, 0.2) is 4.52 Å². The predicted molar refractivity (Wildman–Crippen MR) is 70.5 cm³/mol. The third kappa shape index (κ3) is 6.91. The quantitative estimate of drug-likeness (QED) is 0.668. The number of rotatable bonds is 10. The smallest absolute Gasteiger partial charge is 0.261 e. The molecule has 0 amide bonds. The summed E-state index contributed by atoms with van der Waals surface area (Å²) in [5.41, 5.74) is 5.72. The highest BCUT2D eigenvalue weighted by Gasteiger charge is 2.15. The number of aromatic nitrogens is 2. The van der Waals surface area contributed by atoms with Gasteiger partial charge in [-0.3, -0.25) is 0 Å². The van der Waals surface area contributed by atoms with Crippen molar-refractivity contribution in [2.75, 3.05) is 19.8 Å². The number of alkyl halides is 2. The Hall–Kier alpha value is -1.08. The molecule has 0 aromatic carbocycles. The third-order valence-electron chi connectivity index (χ3n) is 2.83. The van der Waals surface area contributed by atoms with Gasteiger partial charge in [0, 0.05) is 12.8 Å². The molecule has 1 unspecified atom stereocenters. The molecule has 1 aromatic heterocycles. The fraction of sp³-hybridized carbons (Fsp3) is 0.846. The highest BCUT2D eigenvalue weighted by molar-refractivity contribution is 4.88. The van der Waals surface area contributed by atoms with Crippen molar-refractivity contribution < 1.29 is 18.0 Å². The molecule has 20 heavy (non-hydrogen) atoms. The van der Waals surface area contributed by atoms with Crippen LogP contribution in [-0.2, 0) is 17.6 Å². The number of ether oxygens (including phenoxy) is 1. The minimum atomic E-state index is -2.45. The summed E-state index contributed by atoms with van der Waals surface area (Å²) in [5.74, 6) is 1.91. The third-order valence-corrected chi connectivity index (χ3v) is 2.83. The fourth-order valence-corrected chi connectivity index (χ4v) is 1.99. The lowest BCUT2D eigenvalue weighted by atomic mass is 9.94. The first kappa shape index (κ1) is 17.0. The van der Waals surface area contributed by atoms with E-state index in [1.807, 2.05) is 0 Å². The van der Waals surface area contributed by atoms with Gasteiger partial charge in [0.15, 0.2) is 5.82 Å². The molecule has 116 valence electrons. The number of nitrogens with two attached hydrogens (primary N) is 1. The maximum absolute atomic E-state index is 11.9. The van der Waals surface area contributed by atoms with Gasteiger partial charge in [0.05, 0.1) is 6.61 Å². The van der Waals surface area contributed by atoms with Gasteiger partial charge >= 0.3 is 0 Å². The van der Waals surface area contributed by atoms with Crippen LogP contribution in [0.1, 0.15) is 32.0 Å². The Labute approximate surface area is 117 Å². The van der Waals surface area contributed by atoms with Crippen molar-refractivity contribution in [3.05, 3.63) is 11.7 Å². The van der Waals surface area contributed by atoms with Crippen LogP contribution < -0.4 is 5.73 Å². The zero-order valence-corrected chi connectivity index (χ0v) is 12.0. The van der Waals surface area contributed by atoms with E-state index in [0.29, 0.717) is 42.9 Å². The van der Waals surface area contributed by atoms with E-state index in [4.69, 9.17) is 15.0 Å². The van der Waals surface area contributed by atoms with Crippen LogP contribution in [0.2, 0.25) is 0 Å². The van der Waals surface area contributed by atoms with E-state index < -0.39 is 13.0 Å². The minimum Gasteiger partial charge on any atom is -0.375 e. The minimum absolute atomic E-state index is 0.162. The number of hydrogen-bond acceptors (Lipinski definition) is 5. The van der Waals surface area contributed by atoms with Gasteiger partial charge in [-0.1, -0.05) is 19.0 Å². The molecule has 0 bridgehead atoms. The van der Waals surface area contributed by atoms with Gasteiger partial charge in [0.25, 0.3) is 6.43 Å². The fourth-order valence-electron chi connectivity index (χ4n) is 1.99. The molecular formula is C13H23F2N3O2.